The summed E-state index contributed by atoms with van der Waals surface area (Å²) in [6, 6.07) is 8.33. The van der Waals surface area contributed by atoms with Gasteiger partial charge in [0.05, 0.1) is 6.10 Å². The number of rotatable bonds is 4. The molecule has 18 heavy (non-hydrogen) atoms. The highest BCUT2D eigenvalue weighted by Crippen LogP contribution is 2.45. The Hall–Kier alpha value is -0.670. The van der Waals surface area contributed by atoms with Gasteiger partial charge in [-0.1, -0.05) is 12.1 Å². The molecular formula is C15H23NOS. The highest BCUT2D eigenvalue weighted by atomic mass is 32.2. The summed E-state index contributed by atoms with van der Waals surface area (Å²) in [5, 5.41) is 0. The second-order valence-electron chi connectivity index (χ2n) is 5.48. The summed E-state index contributed by atoms with van der Waals surface area (Å²) >= 11 is 2.00. The van der Waals surface area contributed by atoms with Crippen molar-refractivity contribution in [2.45, 2.75) is 50.5 Å². The molecule has 0 aliphatic carbocycles. The van der Waals surface area contributed by atoms with E-state index in [1.165, 1.54) is 24.2 Å². The quantitative estimate of drug-likeness (QED) is 0.900. The Morgan fingerprint density at radius 1 is 1.39 bits per heavy atom. The summed E-state index contributed by atoms with van der Waals surface area (Å²) in [6.07, 6.45) is 2.68. The average Bonchev–Trinajstić information content (AvgIpc) is 2.76. The first-order valence-electron chi connectivity index (χ1n) is 6.67. The third kappa shape index (κ3) is 3.01. The van der Waals surface area contributed by atoms with Gasteiger partial charge in [-0.05, 0) is 57.1 Å². The predicted molar refractivity (Wildman–Crippen MR) is 79.2 cm³/mol. The Balaban J connectivity index is 2.17. The largest absolute Gasteiger partial charge is 0.491 e. The summed E-state index contributed by atoms with van der Waals surface area (Å²) in [5.41, 5.74) is 7.64. The molecular weight excluding hydrogens is 242 g/mol. The summed E-state index contributed by atoms with van der Waals surface area (Å²) < 4.78 is 5.92. The first-order chi connectivity index (χ1) is 8.51. The maximum Gasteiger partial charge on any atom is 0.120 e. The van der Waals surface area contributed by atoms with E-state index in [2.05, 4.69) is 19.1 Å². The number of ether oxygens (including phenoxy) is 1. The maximum absolute atomic E-state index is 6.46. The third-order valence-electron chi connectivity index (χ3n) is 3.50. The second-order valence-corrected chi connectivity index (χ2v) is 7.11. The van der Waals surface area contributed by atoms with Gasteiger partial charge in [-0.15, -0.1) is 0 Å². The topological polar surface area (TPSA) is 35.2 Å². The van der Waals surface area contributed by atoms with E-state index in [9.17, 15) is 0 Å². The average molecular weight is 265 g/mol. The molecule has 100 valence electrons. The van der Waals surface area contributed by atoms with Crippen LogP contribution in [0.15, 0.2) is 24.3 Å². The van der Waals surface area contributed by atoms with Gasteiger partial charge < -0.3 is 10.5 Å². The summed E-state index contributed by atoms with van der Waals surface area (Å²) in [6.45, 7) is 6.37. The lowest BCUT2D eigenvalue weighted by atomic mass is 9.91. The lowest BCUT2D eigenvalue weighted by Gasteiger charge is -2.30. The minimum absolute atomic E-state index is 0.0840. The zero-order chi connectivity index (χ0) is 13.2. The van der Waals surface area contributed by atoms with E-state index >= 15 is 0 Å². The maximum atomic E-state index is 6.46. The number of benzene rings is 1. The highest BCUT2D eigenvalue weighted by Gasteiger charge is 2.36. The van der Waals surface area contributed by atoms with Gasteiger partial charge in [0.25, 0.3) is 0 Å². The number of thioether (sulfide) groups is 1. The smallest absolute Gasteiger partial charge is 0.120 e. The van der Waals surface area contributed by atoms with Crippen LogP contribution < -0.4 is 10.5 Å². The van der Waals surface area contributed by atoms with E-state index in [0.717, 1.165) is 5.75 Å². The normalized spacial score (nSPS) is 25.4. The van der Waals surface area contributed by atoms with Crippen LogP contribution in [0.1, 0.15) is 45.2 Å². The van der Waals surface area contributed by atoms with Crippen LogP contribution in [0.3, 0.4) is 0 Å². The molecule has 0 aromatic heterocycles. The lowest BCUT2D eigenvalue weighted by molar-refractivity contribution is 0.242. The summed E-state index contributed by atoms with van der Waals surface area (Å²) in [4.78, 5) is 0. The molecule has 0 spiro atoms. The van der Waals surface area contributed by atoms with Crippen molar-refractivity contribution in [1.29, 1.82) is 0 Å². The van der Waals surface area contributed by atoms with Gasteiger partial charge in [-0.3, -0.25) is 0 Å². The van der Waals surface area contributed by atoms with Crippen molar-refractivity contribution in [3.8, 4) is 5.75 Å². The monoisotopic (exact) mass is 265 g/mol. The molecule has 2 unspecified atom stereocenters. The van der Waals surface area contributed by atoms with E-state index in [1.54, 1.807) is 0 Å². The Kier molecular flexibility index (Phi) is 4.23. The van der Waals surface area contributed by atoms with Crippen LogP contribution in [0.4, 0.5) is 0 Å². The molecule has 2 nitrogen and oxygen atoms in total. The van der Waals surface area contributed by atoms with E-state index in [1.807, 2.05) is 37.7 Å². The predicted octanol–water partition coefficient (Wildman–Crippen LogP) is 3.76. The molecule has 0 saturated carbocycles. The first-order valence-corrected chi connectivity index (χ1v) is 7.66. The molecule has 2 atom stereocenters. The Morgan fingerprint density at radius 2 is 2.17 bits per heavy atom. The second kappa shape index (κ2) is 5.54. The number of hydrogen-bond donors (Lipinski definition) is 1. The molecule has 0 radical (unpaired) electrons. The van der Waals surface area contributed by atoms with E-state index < -0.39 is 0 Å². The fourth-order valence-corrected chi connectivity index (χ4v) is 3.81. The van der Waals surface area contributed by atoms with Crippen molar-refractivity contribution in [2.24, 2.45) is 5.73 Å². The minimum atomic E-state index is 0.0840. The highest BCUT2D eigenvalue weighted by molar-refractivity contribution is 8.00. The van der Waals surface area contributed by atoms with Gasteiger partial charge >= 0.3 is 0 Å². The third-order valence-corrected chi connectivity index (χ3v) is 5.11. The van der Waals surface area contributed by atoms with Crippen LogP contribution in [-0.2, 0) is 0 Å². The van der Waals surface area contributed by atoms with Crippen LogP contribution >= 0.6 is 11.8 Å². The van der Waals surface area contributed by atoms with Crippen LogP contribution in [0.5, 0.6) is 5.75 Å². The Morgan fingerprint density at radius 3 is 2.78 bits per heavy atom. The van der Waals surface area contributed by atoms with Crippen LogP contribution in [0.25, 0.3) is 0 Å². The zero-order valence-electron chi connectivity index (χ0n) is 11.5. The van der Waals surface area contributed by atoms with Gasteiger partial charge in [-0.25, -0.2) is 0 Å². The Labute approximate surface area is 114 Å². The number of hydrogen-bond acceptors (Lipinski definition) is 3. The molecule has 1 saturated heterocycles. The molecule has 1 aromatic rings. The SMILES string of the molecule is CC(C)Oc1cccc(C(N)C2(C)CCCS2)c1. The van der Waals surface area contributed by atoms with Crippen molar-refractivity contribution in [3.63, 3.8) is 0 Å². The Bertz CT molecular complexity index is 399. The van der Waals surface area contributed by atoms with Gasteiger partial charge in [0.1, 0.15) is 5.75 Å². The molecule has 2 rings (SSSR count). The molecule has 1 aliphatic heterocycles. The molecule has 0 amide bonds. The van der Waals surface area contributed by atoms with Gasteiger partial charge in [0, 0.05) is 10.8 Å². The fourth-order valence-electron chi connectivity index (χ4n) is 2.45. The molecule has 3 heteroatoms. The van der Waals surface area contributed by atoms with Crippen molar-refractivity contribution in [2.75, 3.05) is 5.75 Å². The standard InChI is InChI=1S/C15H23NOS/c1-11(2)17-13-7-4-6-12(10-13)14(16)15(3)8-5-9-18-15/h4,6-7,10-11,14H,5,8-9,16H2,1-3H3. The zero-order valence-corrected chi connectivity index (χ0v) is 12.3. The van der Waals surface area contributed by atoms with Crippen LogP contribution in [-0.4, -0.2) is 16.6 Å². The van der Waals surface area contributed by atoms with Crippen LogP contribution in [0.2, 0.25) is 0 Å². The van der Waals surface area contributed by atoms with Gasteiger partial charge in [0.2, 0.25) is 0 Å². The van der Waals surface area contributed by atoms with Crippen molar-refractivity contribution < 1.29 is 4.74 Å². The fraction of sp³-hybridized carbons (Fsp3) is 0.600. The van der Waals surface area contributed by atoms with E-state index in [4.69, 9.17) is 10.5 Å². The molecule has 1 fully saturated rings. The van der Waals surface area contributed by atoms with Crippen molar-refractivity contribution in [1.82, 2.24) is 0 Å². The number of nitrogens with two attached hydrogens (primary N) is 1. The van der Waals surface area contributed by atoms with Gasteiger partial charge in [0.15, 0.2) is 0 Å². The van der Waals surface area contributed by atoms with E-state index in [0.29, 0.717) is 0 Å². The first kappa shape index (κ1) is 13.8. The summed E-state index contributed by atoms with van der Waals surface area (Å²) in [7, 11) is 0. The molecule has 0 bridgehead atoms. The van der Waals surface area contributed by atoms with Crippen molar-refractivity contribution >= 4 is 11.8 Å². The minimum Gasteiger partial charge on any atom is -0.491 e. The van der Waals surface area contributed by atoms with Crippen LogP contribution in [0, 0.1) is 0 Å². The molecule has 1 aromatic carbocycles. The van der Waals surface area contributed by atoms with Crippen molar-refractivity contribution in [3.05, 3.63) is 29.8 Å². The van der Waals surface area contributed by atoms with Gasteiger partial charge in [-0.2, -0.15) is 11.8 Å². The molecule has 1 heterocycles. The molecule has 1 aliphatic rings. The molecule has 2 N–H and O–H groups in total. The lowest BCUT2D eigenvalue weighted by Crippen LogP contribution is -2.33. The summed E-state index contributed by atoms with van der Waals surface area (Å²) in [5.74, 6) is 2.15. The van der Waals surface area contributed by atoms with E-state index in [-0.39, 0.29) is 16.9 Å².